The molecule has 174 valence electrons. The van der Waals surface area contributed by atoms with Crippen LogP contribution in [0.3, 0.4) is 0 Å². The molecular formula is C23H35N7O2. The van der Waals surface area contributed by atoms with Crippen molar-refractivity contribution >= 4 is 17.7 Å². The number of carbonyl (C=O) groups excluding carboxylic acids is 1. The molecule has 32 heavy (non-hydrogen) atoms. The minimum absolute atomic E-state index is 0.255. The van der Waals surface area contributed by atoms with Gasteiger partial charge in [-0.3, -0.25) is 0 Å². The Balaban J connectivity index is 1.59. The van der Waals surface area contributed by atoms with Gasteiger partial charge in [0.1, 0.15) is 23.3 Å². The Hall–Kier alpha value is -2.57. The van der Waals surface area contributed by atoms with Crippen LogP contribution in [0.1, 0.15) is 37.5 Å². The van der Waals surface area contributed by atoms with Gasteiger partial charge >= 0.3 is 6.09 Å². The summed E-state index contributed by atoms with van der Waals surface area (Å²) < 4.78 is 5.54. The Labute approximate surface area is 190 Å². The third-order valence-electron chi connectivity index (χ3n) is 6.37. The SMILES string of the molecule is CN1CCN(c2nc(N3CCN(C(=O)OC(C)(C)C)CC3)c3c(c2C#N)CNCC3)CC1. The molecule has 3 aliphatic heterocycles. The standard InChI is InChI=1S/C23H35N7O2/c1-23(2,3)32-22(31)30-13-11-29(12-14-30)20-17-5-6-25-16-19(17)18(15-24)21(26-20)28-9-7-27(4)8-10-28/h25H,5-14,16H2,1-4H3. The predicted molar refractivity (Wildman–Crippen MR) is 124 cm³/mol. The lowest BCUT2D eigenvalue weighted by molar-refractivity contribution is 0.0240. The fraction of sp³-hybridized carbons (Fsp3) is 0.696. The minimum Gasteiger partial charge on any atom is -0.444 e. The van der Waals surface area contributed by atoms with Crippen LogP contribution in [0.15, 0.2) is 0 Å². The van der Waals surface area contributed by atoms with E-state index in [4.69, 9.17) is 9.72 Å². The summed E-state index contributed by atoms with van der Waals surface area (Å²) in [7, 11) is 2.13. The quantitative estimate of drug-likeness (QED) is 0.737. The van der Waals surface area contributed by atoms with Crippen LogP contribution in [-0.2, 0) is 17.7 Å². The van der Waals surface area contributed by atoms with E-state index in [1.54, 1.807) is 4.90 Å². The fourth-order valence-electron chi connectivity index (χ4n) is 4.58. The highest BCUT2D eigenvalue weighted by atomic mass is 16.6. The summed E-state index contributed by atoms with van der Waals surface area (Å²) >= 11 is 0. The van der Waals surface area contributed by atoms with Gasteiger partial charge in [-0.1, -0.05) is 0 Å². The van der Waals surface area contributed by atoms with Crippen LogP contribution in [0.5, 0.6) is 0 Å². The first-order chi connectivity index (χ1) is 15.3. The Kier molecular flexibility index (Phi) is 6.45. The van der Waals surface area contributed by atoms with Crippen LogP contribution in [0.25, 0.3) is 0 Å². The summed E-state index contributed by atoms with van der Waals surface area (Å²) in [6.07, 6.45) is 0.607. The molecule has 0 saturated carbocycles. The van der Waals surface area contributed by atoms with Crippen LogP contribution < -0.4 is 15.1 Å². The highest BCUT2D eigenvalue weighted by Gasteiger charge is 2.31. The number of piperazine rings is 2. The van der Waals surface area contributed by atoms with Crippen LogP contribution in [0.2, 0.25) is 0 Å². The molecule has 9 nitrogen and oxygen atoms in total. The Morgan fingerprint density at radius 3 is 2.25 bits per heavy atom. The molecule has 0 spiro atoms. The summed E-state index contributed by atoms with van der Waals surface area (Å²) in [4.78, 5) is 26.2. The summed E-state index contributed by atoms with van der Waals surface area (Å²) in [5.41, 5.74) is 2.50. The van der Waals surface area contributed by atoms with Crippen LogP contribution in [0, 0.1) is 11.3 Å². The van der Waals surface area contributed by atoms with Gasteiger partial charge < -0.3 is 29.7 Å². The average Bonchev–Trinajstić information content (AvgIpc) is 2.77. The van der Waals surface area contributed by atoms with E-state index in [1.165, 1.54) is 5.56 Å². The van der Waals surface area contributed by atoms with Gasteiger partial charge in [0.25, 0.3) is 0 Å². The van der Waals surface area contributed by atoms with E-state index in [-0.39, 0.29) is 6.09 Å². The molecule has 4 heterocycles. The summed E-state index contributed by atoms with van der Waals surface area (Å²) in [6.45, 7) is 13.6. The van der Waals surface area contributed by atoms with Gasteiger partial charge in [0.2, 0.25) is 0 Å². The van der Waals surface area contributed by atoms with Crippen molar-refractivity contribution in [2.75, 3.05) is 75.8 Å². The maximum absolute atomic E-state index is 12.5. The maximum Gasteiger partial charge on any atom is 0.410 e. The maximum atomic E-state index is 12.5. The predicted octanol–water partition coefficient (Wildman–Crippen LogP) is 1.41. The van der Waals surface area contributed by atoms with Gasteiger partial charge in [-0.05, 0) is 46.3 Å². The lowest BCUT2D eigenvalue weighted by Gasteiger charge is -2.39. The number of rotatable bonds is 2. The second-order valence-corrected chi connectivity index (χ2v) is 9.87. The molecule has 4 rings (SSSR count). The van der Waals surface area contributed by atoms with Crippen molar-refractivity contribution in [3.8, 4) is 6.07 Å². The molecule has 2 saturated heterocycles. The first-order valence-electron chi connectivity index (χ1n) is 11.6. The normalized spacial score (nSPS) is 20.0. The first kappa shape index (κ1) is 22.6. The van der Waals surface area contributed by atoms with E-state index in [0.717, 1.165) is 56.3 Å². The number of nitrogens with zero attached hydrogens (tertiary/aromatic N) is 6. The number of anilines is 2. The van der Waals surface area contributed by atoms with Gasteiger partial charge in [-0.2, -0.15) is 5.26 Å². The molecule has 1 N–H and O–H groups in total. The molecule has 0 aromatic carbocycles. The molecule has 0 atom stereocenters. The van der Waals surface area contributed by atoms with Crippen molar-refractivity contribution in [3.05, 3.63) is 16.7 Å². The lowest BCUT2D eigenvalue weighted by atomic mass is 9.96. The molecule has 1 aromatic rings. The molecule has 0 bridgehead atoms. The molecule has 0 unspecified atom stereocenters. The zero-order valence-electron chi connectivity index (χ0n) is 19.8. The van der Waals surface area contributed by atoms with Crippen LogP contribution >= 0.6 is 0 Å². The van der Waals surface area contributed by atoms with Crippen molar-refractivity contribution in [2.45, 2.75) is 39.3 Å². The summed E-state index contributed by atoms with van der Waals surface area (Å²) in [5.74, 6) is 1.80. The van der Waals surface area contributed by atoms with E-state index >= 15 is 0 Å². The van der Waals surface area contributed by atoms with Crippen molar-refractivity contribution < 1.29 is 9.53 Å². The van der Waals surface area contributed by atoms with Crippen molar-refractivity contribution in [3.63, 3.8) is 0 Å². The number of aromatic nitrogens is 1. The number of amides is 1. The number of hydrogen-bond donors (Lipinski definition) is 1. The zero-order chi connectivity index (χ0) is 22.9. The van der Waals surface area contributed by atoms with E-state index in [9.17, 15) is 10.1 Å². The number of nitrogens with one attached hydrogen (secondary N) is 1. The monoisotopic (exact) mass is 441 g/mol. The first-order valence-corrected chi connectivity index (χ1v) is 11.6. The number of fused-ring (bicyclic) bond motifs is 1. The Morgan fingerprint density at radius 1 is 1.00 bits per heavy atom. The number of nitriles is 1. The van der Waals surface area contributed by atoms with Gasteiger partial charge in [-0.25, -0.2) is 9.78 Å². The number of carbonyl (C=O) groups is 1. The third-order valence-corrected chi connectivity index (χ3v) is 6.37. The third kappa shape index (κ3) is 4.76. The van der Waals surface area contributed by atoms with Crippen molar-refractivity contribution in [1.82, 2.24) is 20.1 Å². The molecule has 0 radical (unpaired) electrons. The fourth-order valence-corrected chi connectivity index (χ4v) is 4.58. The van der Waals surface area contributed by atoms with Crippen LogP contribution in [0.4, 0.5) is 16.4 Å². The Bertz CT molecular complexity index is 889. The largest absolute Gasteiger partial charge is 0.444 e. The van der Waals surface area contributed by atoms with E-state index in [1.807, 2.05) is 20.8 Å². The minimum atomic E-state index is -0.494. The highest BCUT2D eigenvalue weighted by molar-refractivity contribution is 5.70. The molecule has 3 aliphatic rings. The van der Waals surface area contributed by atoms with Crippen molar-refractivity contribution in [2.24, 2.45) is 0 Å². The topological polar surface area (TPSA) is 88.0 Å². The summed E-state index contributed by atoms with van der Waals surface area (Å²) in [5, 5.41) is 13.5. The highest BCUT2D eigenvalue weighted by Crippen LogP contribution is 2.34. The molecular weight excluding hydrogens is 406 g/mol. The second kappa shape index (κ2) is 9.12. The molecule has 1 aromatic heterocycles. The molecule has 0 aliphatic carbocycles. The lowest BCUT2D eigenvalue weighted by Crippen LogP contribution is -2.51. The van der Waals surface area contributed by atoms with Crippen molar-refractivity contribution in [1.29, 1.82) is 5.26 Å². The van der Waals surface area contributed by atoms with Gasteiger partial charge in [0, 0.05) is 64.5 Å². The number of pyridine rings is 1. The van der Waals surface area contributed by atoms with Gasteiger partial charge in [0.05, 0.1) is 5.56 Å². The zero-order valence-corrected chi connectivity index (χ0v) is 19.8. The second-order valence-electron chi connectivity index (χ2n) is 9.87. The molecule has 2 fully saturated rings. The number of likely N-dealkylation sites (N-methyl/N-ethyl adjacent to an activating group) is 1. The van der Waals surface area contributed by atoms with Gasteiger partial charge in [0.15, 0.2) is 0 Å². The average molecular weight is 442 g/mol. The van der Waals surface area contributed by atoms with E-state index < -0.39 is 5.60 Å². The van der Waals surface area contributed by atoms with Crippen LogP contribution in [-0.4, -0.2) is 92.4 Å². The van der Waals surface area contributed by atoms with E-state index in [2.05, 4.69) is 33.1 Å². The van der Waals surface area contributed by atoms with E-state index in [0.29, 0.717) is 38.3 Å². The smallest absolute Gasteiger partial charge is 0.410 e. The Morgan fingerprint density at radius 2 is 1.62 bits per heavy atom. The molecule has 1 amide bonds. The summed E-state index contributed by atoms with van der Waals surface area (Å²) in [6, 6.07) is 2.46. The van der Waals surface area contributed by atoms with Gasteiger partial charge in [-0.15, -0.1) is 0 Å². The number of ether oxygens (including phenoxy) is 1. The number of hydrogen-bond acceptors (Lipinski definition) is 8. The molecule has 9 heteroatoms.